The van der Waals surface area contributed by atoms with Crippen molar-refractivity contribution in [1.29, 1.82) is 0 Å². The van der Waals surface area contributed by atoms with Gasteiger partial charge >= 0.3 is 0 Å². The molecule has 0 radical (unpaired) electrons. The molecule has 0 aromatic heterocycles. The largest absolute Gasteiger partial charge is 0.493 e. The van der Waals surface area contributed by atoms with Gasteiger partial charge in [0.15, 0.2) is 0 Å². The fourth-order valence-electron chi connectivity index (χ4n) is 3.57. The molecule has 3 aromatic rings. The third-order valence-corrected chi connectivity index (χ3v) is 4.83. The molecular formula is C23H18O. The van der Waals surface area contributed by atoms with Crippen molar-refractivity contribution in [2.75, 3.05) is 6.61 Å². The molecule has 1 heterocycles. The Morgan fingerprint density at radius 2 is 1.75 bits per heavy atom. The molecule has 1 aliphatic rings. The third kappa shape index (κ3) is 2.28. The van der Waals surface area contributed by atoms with Crippen LogP contribution >= 0.6 is 0 Å². The van der Waals surface area contributed by atoms with E-state index in [0.717, 1.165) is 22.4 Å². The monoisotopic (exact) mass is 310 g/mol. The summed E-state index contributed by atoms with van der Waals surface area (Å²) < 4.78 is 6.06. The molecule has 0 fully saturated rings. The molecule has 0 N–H and O–H groups in total. The highest BCUT2D eigenvalue weighted by molar-refractivity contribution is 5.89. The Bertz CT molecular complexity index is 947. The Morgan fingerprint density at radius 3 is 2.54 bits per heavy atom. The van der Waals surface area contributed by atoms with E-state index in [2.05, 4.69) is 42.8 Å². The third-order valence-electron chi connectivity index (χ3n) is 4.83. The molecule has 4 rings (SSSR count). The number of hydrogen-bond acceptors (Lipinski definition) is 1. The van der Waals surface area contributed by atoms with E-state index in [9.17, 15) is 0 Å². The number of hydrogen-bond donors (Lipinski definition) is 0. The highest BCUT2D eigenvalue weighted by atomic mass is 16.5. The van der Waals surface area contributed by atoms with Crippen LogP contribution in [0.5, 0.6) is 5.75 Å². The fraction of sp³-hybridized carbons (Fsp3) is 0.130. The lowest BCUT2D eigenvalue weighted by molar-refractivity contribution is 0.246. The molecule has 3 aromatic carbocycles. The van der Waals surface area contributed by atoms with E-state index in [4.69, 9.17) is 11.2 Å². The van der Waals surface area contributed by atoms with Crippen molar-refractivity contribution in [2.24, 2.45) is 5.92 Å². The average molecular weight is 310 g/mol. The molecule has 2 atom stereocenters. The first-order valence-electron chi connectivity index (χ1n) is 8.14. The zero-order valence-corrected chi connectivity index (χ0v) is 13.4. The molecule has 1 nitrogen and oxygen atoms in total. The lowest BCUT2D eigenvalue weighted by Gasteiger charge is -2.33. The molecule has 0 saturated heterocycles. The van der Waals surface area contributed by atoms with Gasteiger partial charge in [0.2, 0.25) is 0 Å². The SMILES string of the molecule is C#C[C@@H]1c2c(ccc3ccccc23)OC[C@@H]1C(=C)c1ccccc1. The Labute approximate surface area is 142 Å². The smallest absolute Gasteiger partial charge is 0.124 e. The second-order valence-electron chi connectivity index (χ2n) is 6.15. The van der Waals surface area contributed by atoms with Gasteiger partial charge in [0.05, 0.1) is 12.5 Å². The van der Waals surface area contributed by atoms with Crippen molar-refractivity contribution in [2.45, 2.75) is 5.92 Å². The fourth-order valence-corrected chi connectivity index (χ4v) is 3.57. The predicted octanol–water partition coefficient (Wildman–Crippen LogP) is 5.28. The van der Waals surface area contributed by atoms with Crippen LogP contribution in [0.1, 0.15) is 17.0 Å². The van der Waals surface area contributed by atoms with Gasteiger partial charge in [0, 0.05) is 11.5 Å². The molecule has 0 aliphatic carbocycles. The van der Waals surface area contributed by atoms with Crippen LogP contribution in [0.25, 0.3) is 16.3 Å². The highest BCUT2D eigenvalue weighted by Crippen LogP contribution is 2.45. The molecular weight excluding hydrogens is 292 g/mol. The van der Waals surface area contributed by atoms with Crippen LogP contribution in [-0.2, 0) is 0 Å². The molecule has 0 spiro atoms. The minimum atomic E-state index is -0.0347. The summed E-state index contributed by atoms with van der Waals surface area (Å²) in [6, 6.07) is 22.7. The van der Waals surface area contributed by atoms with Gasteiger partial charge in [0.25, 0.3) is 0 Å². The predicted molar refractivity (Wildman–Crippen MR) is 100.0 cm³/mol. The standard InChI is InChI=1S/C23H18O/c1-3-19-21(16(2)17-9-5-4-6-10-17)15-24-22-14-13-18-11-7-8-12-20(18)23(19)22/h1,4-14,19,21H,2,15H2/t19-,21+/m0/s1. The number of benzene rings is 3. The maximum absolute atomic E-state index is 6.06. The summed E-state index contributed by atoms with van der Waals surface area (Å²) in [4.78, 5) is 0. The van der Waals surface area contributed by atoms with Gasteiger partial charge in [-0.05, 0) is 28.0 Å². The number of terminal acetylenes is 1. The maximum Gasteiger partial charge on any atom is 0.124 e. The van der Waals surface area contributed by atoms with Crippen molar-refractivity contribution in [3.63, 3.8) is 0 Å². The van der Waals surface area contributed by atoms with Crippen LogP contribution in [0.15, 0.2) is 73.3 Å². The maximum atomic E-state index is 6.06. The van der Waals surface area contributed by atoms with Gasteiger partial charge < -0.3 is 4.74 Å². The average Bonchev–Trinajstić information content (AvgIpc) is 2.67. The Balaban J connectivity index is 1.84. The van der Waals surface area contributed by atoms with Crippen LogP contribution in [0.2, 0.25) is 0 Å². The first kappa shape index (κ1) is 14.6. The molecule has 116 valence electrons. The molecule has 0 amide bonds. The van der Waals surface area contributed by atoms with Crippen molar-refractivity contribution < 1.29 is 4.74 Å². The van der Waals surface area contributed by atoms with Crippen molar-refractivity contribution in [3.8, 4) is 18.1 Å². The first-order valence-corrected chi connectivity index (χ1v) is 8.14. The summed E-state index contributed by atoms with van der Waals surface area (Å²) in [7, 11) is 0. The molecule has 1 heteroatoms. The van der Waals surface area contributed by atoms with Gasteiger partial charge in [-0.1, -0.05) is 73.2 Å². The van der Waals surface area contributed by atoms with Crippen LogP contribution in [-0.4, -0.2) is 6.61 Å². The summed E-state index contributed by atoms with van der Waals surface area (Å²) in [6.45, 7) is 4.89. The Morgan fingerprint density at radius 1 is 1.00 bits per heavy atom. The lowest BCUT2D eigenvalue weighted by atomic mass is 9.77. The first-order chi connectivity index (χ1) is 11.8. The molecule has 1 aliphatic heterocycles. The Kier molecular flexibility index (Phi) is 3.59. The second kappa shape index (κ2) is 5.91. The van der Waals surface area contributed by atoms with E-state index < -0.39 is 0 Å². The van der Waals surface area contributed by atoms with Crippen LogP contribution in [0.4, 0.5) is 0 Å². The molecule has 0 saturated carbocycles. The quantitative estimate of drug-likeness (QED) is 0.585. The topological polar surface area (TPSA) is 9.23 Å². The van der Waals surface area contributed by atoms with Gasteiger partial charge in [-0.25, -0.2) is 0 Å². The molecule has 24 heavy (non-hydrogen) atoms. The number of fused-ring (bicyclic) bond motifs is 3. The number of rotatable bonds is 2. The van der Waals surface area contributed by atoms with Crippen LogP contribution < -0.4 is 4.74 Å². The van der Waals surface area contributed by atoms with Gasteiger partial charge in [-0.15, -0.1) is 6.42 Å². The summed E-state index contributed by atoms with van der Waals surface area (Å²) in [5, 5.41) is 2.36. The van der Waals surface area contributed by atoms with Crippen molar-refractivity contribution in [3.05, 3.63) is 84.4 Å². The summed E-state index contributed by atoms with van der Waals surface area (Å²) in [6.07, 6.45) is 5.97. The Hall–Kier alpha value is -2.98. The van der Waals surface area contributed by atoms with Crippen molar-refractivity contribution >= 4 is 16.3 Å². The zero-order valence-electron chi connectivity index (χ0n) is 13.4. The lowest BCUT2D eigenvalue weighted by Crippen LogP contribution is -2.26. The summed E-state index contributed by atoms with van der Waals surface area (Å²) >= 11 is 0. The van der Waals surface area contributed by atoms with Crippen LogP contribution in [0, 0.1) is 18.3 Å². The summed E-state index contributed by atoms with van der Waals surface area (Å²) in [5.74, 6) is 3.95. The van der Waals surface area contributed by atoms with Gasteiger partial charge in [-0.3, -0.25) is 0 Å². The number of ether oxygens (including phenoxy) is 1. The van der Waals surface area contributed by atoms with Crippen LogP contribution in [0.3, 0.4) is 0 Å². The van der Waals surface area contributed by atoms with E-state index in [1.165, 1.54) is 10.8 Å². The highest BCUT2D eigenvalue weighted by Gasteiger charge is 2.33. The summed E-state index contributed by atoms with van der Waals surface area (Å²) in [5.41, 5.74) is 3.27. The minimum Gasteiger partial charge on any atom is -0.493 e. The normalized spacial score (nSPS) is 19.1. The van der Waals surface area contributed by atoms with Gasteiger partial charge in [-0.2, -0.15) is 0 Å². The molecule has 0 bridgehead atoms. The van der Waals surface area contributed by atoms with E-state index in [1.807, 2.05) is 36.4 Å². The second-order valence-corrected chi connectivity index (χ2v) is 6.15. The minimum absolute atomic E-state index is 0.0347. The molecule has 0 unspecified atom stereocenters. The van der Waals surface area contributed by atoms with Gasteiger partial charge in [0.1, 0.15) is 5.75 Å². The van der Waals surface area contributed by atoms with E-state index in [1.54, 1.807) is 0 Å². The van der Waals surface area contributed by atoms with E-state index in [0.29, 0.717) is 6.61 Å². The zero-order chi connectivity index (χ0) is 16.5. The van der Waals surface area contributed by atoms with Crippen molar-refractivity contribution in [1.82, 2.24) is 0 Å². The van der Waals surface area contributed by atoms with E-state index >= 15 is 0 Å². The van der Waals surface area contributed by atoms with E-state index in [-0.39, 0.29) is 11.8 Å².